The van der Waals surface area contributed by atoms with Crippen molar-refractivity contribution in [3.05, 3.63) is 41.6 Å². The number of allylic oxidation sites excluding steroid dienone is 1. The average molecular weight is 160 g/mol. The van der Waals surface area contributed by atoms with Crippen LogP contribution < -0.4 is 5.73 Å². The normalized spacial score (nSPS) is 11.2. The smallest absolute Gasteiger partial charge is 0.0270 e. The first-order chi connectivity index (χ1) is 5.77. The van der Waals surface area contributed by atoms with Gasteiger partial charge >= 0.3 is 0 Å². The molecule has 0 spiro atoms. The van der Waals surface area contributed by atoms with Crippen molar-refractivity contribution in [3.8, 4) is 0 Å². The number of hydrogen-bond donors (Lipinski definition) is 2. The van der Waals surface area contributed by atoms with Crippen LogP contribution in [0, 0.1) is 12.3 Å². The van der Waals surface area contributed by atoms with E-state index in [1.165, 1.54) is 18.0 Å². The van der Waals surface area contributed by atoms with Crippen molar-refractivity contribution in [1.82, 2.24) is 0 Å². The van der Waals surface area contributed by atoms with Crippen molar-refractivity contribution in [2.24, 2.45) is 5.73 Å². The number of hydrogen-bond acceptors (Lipinski definition) is 2. The van der Waals surface area contributed by atoms with Crippen molar-refractivity contribution in [3.63, 3.8) is 0 Å². The lowest BCUT2D eigenvalue weighted by atomic mass is 10.1. The topological polar surface area (TPSA) is 49.9 Å². The minimum Gasteiger partial charge on any atom is -0.404 e. The molecule has 12 heavy (non-hydrogen) atoms. The third-order valence-electron chi connectivity index (χ3n) is 1.72. The Morgan fingerprint density at radius 2 is 1.92 bits per heavy atom. The molecule has 0 aliphatic carbocycles. The standard InChI is InChI=1S/C10H12N2/c1-8-2-4-9(5-3-8)10(6-11)7-12/h2-7,11H,12H2,1H3/b10-7+,11-6?. The maximum absolute atomic E-state index is 7.08. The van der Waals surface area contributed by atoms with E-state index in [9.17, 15) is 0 Å². The highest BCUT2D eigenvalue weighted by molar-refractivity contribution is 6.08. The van der Waals surface area contributed by atoms with Crippen LogP contribution >= 0.6 is 0 Å². The average Bonchev–Trinajstić information content (AvgIpc) is 2.10. The van der Waals surface area contributed by atoms with E-state index in [-0.39, 0.29) is 0 Å². The van der Waals surface area contributed by atoms with Gasteiger partial charge in [0.05, 0.1) is 0 Å². The highest BCUT2D eigenvalue weighted by Gasteiger charge is 1.95. The van der Waals surface area contributed by atoms with Gasteiger partial charge in [-0.1, -0.05) is 29.8 Å². The number of nitrogens with one attached hydrogen (secondary N) is 1. The molecule has 2 heteroatoms. The van der Waals surface area contributed by atoms with Crippen LogP contribution in [-0.4, -0.2) is 6.21 Å². The summed E-state index contributed by atoms with van der Waals surface area (Å²) in [4.78, 5) is 0. The van der Waals surface area contributed by atoms with Crippen LogP contribution in [-0.2, 0) is 0 Å². The van der Waals surface area contributed by atoms with Gasteiger partial charge in [0.1, 0.15) is 0 Å². The molecule has 0 aliphatic heterocycles. The van der Waals surface area contributed by atoms with Crippen molar-refractivity contribution in [2.75, 3.05) is 0 Å². The van der Waals surface area contributed by atoms with E-state index in [2.05, 4.69) is 0 Å². The maximum atomic E-state index is 7.08. The van der Waals surface area contributed by atoms with E-state index in [4.69, 9.17) is 11.1 Å². The molecular formula is C10H12N2. The molecule has 3 N–H and O–H groups in total. The van der Waals surface area contributed by atoms with E-state index in [1.807, 2.05) is 31.2 Å². The van der Waals surface area contributed by atoms with E-state index in [0.717, 1.165) is 11.1 Å². The highest BCUT2D eigenvalue weighted by atomic mass is 14.5. The quantitative estimate of drug-likeness (QED) is 0.638. The Balaban J connectivity index is 3.04. The summed E-state index contributed by atoms with van der Waals surface area (Å²) in [6.45, 7) is 2.03. The Labute approximate surface area is 72.2 Å². The molecule has 1 rings (SSSR count). The van der Waals surface area contributed by atoms with Gasteiger partial charge in [0.2, 0.25) is 0 Å². The molecular weight excluding hydrogens is 148 g/mol. The highest BCUT2D eigenvalue weighted by Crippen LogP contribution is 2.11. The largest absolute Gasteiger partial charge is 0.404 e. The first-order valence-electron chi connectivity index (χ1n) is 3.77. The summed E-state index contributed by atoms with van der Waals surface area (Å²) < 4.78 is 0. The van der Waals surface area contributed by atoms with Gasteiger partial charge in [0.25, 0.3) is 0 Å². The summed E-state index contributed by atoms with van der Waals surface area (Å²) in [7, 11) is 0. The molecule has 0 unspecified atom stereocenters. The molecule has 62 valence electrons. The number of rotatable bonds is 2. The maximum Gasteiger partial charge on any atom is 0.0270 e. The predicted molar refractivity (Wildman–Crippen MR) is 52.1 cm³/mol. The van der Waals surface area contributed by atoms with Crippen LogP contribution in [0.4, 0.5) is 0 Å². The molecule has 0 amide bonds. The summed E-state index contributed by atoms with van der Waals surface area (Å²) in [6, 6.07) is 7.92. The van der Waals surface area contributed by atoms with Crippen LogP contribution in [0.2, 0.25) is 0 Å². The lowest BCUT2D eigenvalue weighted by Gasteiger charge is -1.99. The fourth-order valence-corrected chi connectivity index (χ4v) is 0.974. The summed E-state index contributed by atoms with van der Waals surface area (Å²) in [5, 5.41) is 7.08. The summed E-state index contributed by atoms with van der Waals surface area (Å²) in [5.74, 6) is 0. The Hall–Kier alpha value is -1.57. The second-order valence-electron chi connectivity index (χ2n) is 2.63. The van der Waals surface area contributed by atoms with Crippen LogP contribution in [0.1, 0.15) is 11.1 Å². The fourth-order valence-electron chi connectivity index (χ4n) is 0.974. The van der Waals surface area contributed by atoms with Gasteiger partial charge < -0.3 is 11.1 Å². The zero-order valence-corrected chi connectivity index (χ0v) is 7.04. The molecule has 0 aromatic heterocycles. The van der Waals surface area contributed by atoms with E-state index in [0.29, 0.717) is 0 Å². The van der Waals surface area contributed by atoms with E-state index >= 15 is 0 Å². The Bertz CT molecular complexity index is 296. The van der Waals surface area contributed by atoms with Gasteiger partial charge in [-0.2, -0.15) is 0 Å². The molecule has 0 heterocycles. The summed E-state index contributed by atoms with van der Waals surface area (Å²) in [6.07, 6.45) is 2.70. The number of benzene rings is 1. The lowest BCUT2D eigenvalue weighted by Crippen LogP contribution is -1.90. The Morgan fingerprint density at radius 1 is 1.33 bits per heavy atom. The minimum absolute atomic E-state index is 0.745. The van der Waals surface area contributed by atoms with Crippen LogP contribution in [0.5, 0.6) is 0 Å². The van der Waals surface area contributed by atoms with Crippen LogP contribution in [0.25, 0.3) is 5.57 Å². The Morgan fingerprint density at radius 3 is 2.33 bits per heavy atom. The van der Waals surface area contributed by atoms with Gasteiger partial charge in [-0.3, -0.25) is 0 Å². The zero-order chi connectivity index (χ0) is 8.97. The molecule has 0 saturated carbocycles. The van der Waals surface area contributed by atoms with Crippen LogP contribution in [0.3, 0.4) is 0 Å². The van der Waals surface area contributed by atoms with Gasteiger partial charge in [-0.25, -0.2) is 0 Å². The van der Waals surface area contributed by atoms with Gasteiger partial charge in [0.15, 0.2) is 0 Å². The molecule has 0 atom stereocenters. The van der Waals surface area contributed by atoms with Crippen molar-refractivity contribution >= 4 is 11.8 Å². The van der Waals surface area contributed by atoms with Gasteiger partial charge in [0, 0.05) is 18.0 Å². The van der Waals surface area contributed by atoms with Gasteiger partial charge in [-0.05, 0) is 12.5 Å². The molecule has 0 fully saturated rings. The third kappa shape index (κ3) is 1.72. The predicted octanol–water partition coefficient (Wildman–Crippen LogP) is 1.94. The van der Waals surface area contributed by atoms with E-state index < -0.39 is 0 Å². The van der Waals surface area contributed by atoms with Crippen LogP contribution in [0.15, 0.2) is 30.5 Å². The third-order valence-corrected chi connectivity index (χ3v) is 1.72. The summed E-state index contributed by atoms with van der Waals surface area (Å²) >= 11 is 0. The second kappa shape index (κ2) is 3.72. The molecule has 2 nitrogen and oxygen atoms in total. The first kappa shape index (κ1) is 8.53. The van der Waals surface area contributed by atoms with Crippen molar-refractivity contribution < 1.29 is 0 Å². The molecule has 0 bridgehead atoms. The first-order valence-corrected chi connectivity index (χ1v) is 3.77. The molecule has 0 aliphatic rings. The summed E-state index contributed by atoms with van der Waals surface area (Å²) in [5.41, 5.74) is 8.28. The monoisotopic (exact) mass is 160 g/mol. The molecule has 0 saturated heterocycles. The minimum atomic E-state index is 0.745. The molecule has 0 radical (unpaired) electrons. The zero-order valence-electron chi connectivity index (χ0n) is 7.04. The van der Waals surface area contributed by atoms with E-state index in [1.54, 1.807) is 0 Å². The van der Waals surface area contributed by atoms with Crippen molar-refractivity contribution in [1.29, 1.82) is 5.41 Å². The van der Waals surface area contributed by atoms with Crippen molar-refractivity contribution in [2.45, 2.75) is 6.92 Å². The molecule has 1 aromatic carbocycles. The van der Waals surface area contributed by atoms with Gasteiger partial charge in [-0.15, -0.1) is 0 Å². The second-order valence-corrected chi connectivity index (χ2v) is 2.63. The number of nitrogens with two attached hydrogens (primary N) is 1. The Kier molecular flexibility index (Phi) is 2.64. The SMILES string of the molecule is Cc1ccc(/C(C=N)=C/N)cc1. The lowest BCUT2D eigenvalue weighted by molar-refractivity contribution is 1.45. The fraction of sp³-hybridized carbons (Fsp3) is 0.100. The number of aryl methyl sites for hydroxylation is 1. The molecule has 1 aromatic rings.